The van der Waals surface area contributed by atoms with E-state index >= 15 is 0 Å². The molecule has 2 rings (SSSR count). The van der Waals surface area contributed by atoms with Crippen LogP contribution < -0.4 is 15.4 Å². The Morgan fingerprint density at radius 2 is 2.22 bits per heavy atom. The molecule has 1 aromatic rings. The van der Waals surface area contributed by atoms with Crippen LogP contribution in [0.3, 0.4) is 0 Å². The molecule has 1 aliphatic heterocycles. The van der Waals surface area contributed by atoms with Gasteiger partial charge in [-0.15, -0.1) is 0 Å². The summed E-state index contributed by atoms with van der Waals surface area (Å²) >= 11 is 0. The number of ether oxygens (including phenoxy) is 1. The number of benzene rings is 1. The van der Waals surface area contributed by atoms with Gasteiger partial charge in [-0.1, -0.05) is 19.8 Å². The summed E-state index contributed by atoms with van der Waals surface area (Å²) in [6, 6.07) is 5.80. The first-order chi connectivity index (χ1) is 8.70. The highest BCUT2D eigenvalue weighted by Gasteiger charge is 2.23. The van der Waals surface area contributed by atoms with E-state index in [-0.39, 0.29) is 5.91 Å². The van der Waals surface area contributed by atoms with Crippen LogP contribution >= 0.6 is 0 Å². The lowest BCUT2D eigenvalue weighted by atomic mass is 10.2. The molecule has 0 saturated heterocycles. The summed E-state index contributed by atoms with van der Waals surface area (Å²) in [5.74, 6) is 0.645. The van der Waals surface area contributed by atoms with Crippen LogP contribution in [0.2, 0.25) is 0 Å². The summed E-state index contributed by atoms with van der Waals surface area (Å²) in [6.45, 7) is 4.89. The molecular formula is C14H20N2O2. The lowest BCUT2D eigenvalue weighted by Crippen LogP contribution is -2.34. The van der Waals surface area contributed by atoms with E-state index in [1.54, 1.807) is 6.92 Å². The Kier molecular flexibility index (Phi) is 4.07. The lowest BCUT2D eigenvalue weighted by molar-refractivity contribution is -0.122. The Morgan fingerprint density at radius 1 is 1.39 bits per heavy atom. The molecule has 1 unspecified atom stereocenters. The fraction of sp³-hybridized carbons (Fsp3) is 0.500. The van der Waals surface area contributed by atoms with E-state index in [1.807, 2.05) is 18.2 Å². The van der Waals surface area contributed by atoms with E-state index in [2.05, 4.69) is 17.6 Å². The van der Waals surface area contributed by atoms with Crippen molar-refractivity contribution in [3.63, 3.8) is 0 Å². The van der Waals surface area contributed by atoms with Gasteiger partial charge in [-0.05, 0) is 31.5 Å². The van der Waals surface area contributed by atoms with Crippen molar-refractivity contribution in [1.29, 1.82) is 0 Å². The molecule has 1 amide bonds. The van der Waals surface area contributed by atoms with Crippen LogP contribution in [-0.4, -0.2) is 18.6 Å². The van der Waals surface area contributed by atoms with Crippen LogP contribution in [0, 0.1) is 0 Å². The summed E-state index contributed by atoms with van der Waals surface area (Å²) in [6.07, 6.45) is 3.19. The van der Waals surface area contributed by atoms with E-state index in [1.165, 1.54) is 12.8 Å². The lowest BCUT2D eigenvalue weighted by Gasteiger charge is -2.23. The van der Waals surface area contributed by atoms with Crippen molar-refractivity contribution in [1.82, 2.24) is 0 Å². The Bertz CT molecular complexity index is 432. The minimum absolute atomic E-state index is 0.0920. The average molecular weight is 248 g/mol. The van der Waals surface area contributed by atoms with Crippen LogP contribution in [0.15, 0.2) is 18.2 Å². The zero-order valence-corrected chi connectivity index (χ0v) is 11.0. The molecule has 0 spiro atoms. The van der Waals surface area contributed by atoms with Gasteiger partial charge in [-0.2, -0.15) is 0 Å². The minimum atomic E-state index is -0.416. The van der Waals surface area contributed by atoms with Gasteiger partial charge in [0.25, 0.3) is 5.91 Å². The normalized spacial score (nSPS) is 17.7. The van der Waals surface area contributed by atoms with Crippen molar-refractivity contribution in [2.75, 3.05) is 17.2 Å². The van der Waals surface area contributed by atoms with Crippen LogP contribution in [0.5, 0.6) is 5.75 Å². The Balaban J connectivity index is 1.99. The Labute approximate surface area is 108 Å². The highest BCUT2D eigenvalue weighted by Crippen LogP contribution is 2.32. The van der Waals surface area contributed by atoms with Crippen molar-refractivity contribution >= 4 is 17.3 Å². The summed E-state index contributed by atoms with van der Waals surface area (Å²) < 4.78 is 5.50. The molecule has 0 saturated carbocycles. The van der Waals surface area contributed by atoms with Gasteiger partial charge in [0.15, 0.2) is 6.10 Å². The maximum atomic E-state index is 11.5. The van der Waals surface area contributed by atoms with Crippen LogP contribution in [0.25, 0.3) is 0 Å². The van der Waals surface area contributed by atoms with Crippen molar-refractivity contribution in [2.24, 2.45) is 0 Å². The fourth-order valence-corrected chi connectivity index (χ4v) is 1.93. The largest absolute Gasteiger partial charge is 0.479 e. The van der Waals surface area contributed by atoms with Crippen LogP contribution in [0.4, 0.5) is 11.4 Å². The molecule has 0 radical (unpaired) electrons. The molecule has 0 aromatic heterocycles. The van der Waals surface area contributed by atoms with Gasteiger partial charge in [-0.3, -0.25) is 4.79 Å². The molecule has 2 N–H and O–H groups in total. The van der Waals surface area contributed by atoms with Crippen molar-refractivity contribution in [2.45, 2.75) is 39.2 Å². The number of fused-ring (bicyclic) bond motifs is 1. The third-order valence-electron chi connectivity index (χ3n) is 3.02. The topological polar surface area (TPSA) is 50.4 Å². The fourth-order valence-electron chi connectivity index (χ4n) is 1.93. The number of anilines is 2. The third-order valence-corrected chi connectivity index (χ3v) is 3.02. The van der Waals surface area contributed by atoms with Gasteiger partial charge in [0.2, 0.25) is 0 Å². The predicted octanol–water partition coefficient (Wildman–Crippen LogP) is 3.01. The summed E-state index contributed by atoms with van der Waals surface area (Å²) in [5, 5.41) is 6.20. The third kappa shape index (κ3) is 2.94. The molecule has 4 nitrogen and oxygen atoms in total. The summed E-state index contributed by atoms with van der Waals surface area (Å²) in [5.41, 5.74) is 1.77. The van der Waals surface area contributed by atoms with Crippen LogP contribution in [0.1, 0.15) is 33.1 Å². The highest BCUT2D eigenvalue weighted by molar-refractivity contribution is 5.98. The van der Waals surface area contributed by atoms with Crippen LogP contribution in [-0.2, 0) is 4.79 Å². The van der Waals surface area contributed by atoms with E-state index in [4.69, 9.17) is 4.74 Å². The second kappa shape index (κ2) is 5.76. The predicted molar refractivity (Wildman–Crippen MR) is 73.2 cm³/mol. The molecule has 1 heterocycles. The number of carbonyl (C=O) groups excluding carboxylic acids is 1. The van der Waals surface area contributed by atoms with Gasteiger partial charge in [-0.25, -0.2) is 0 Å². The zero-order valence-electron chi connectivity index (χ0n) is 11.0. The van der Waals surface area contributed by atoms with E-state index < -0.39 is 6.10 Å². The van der Waals surface area contributed by atoms with Crippen molar-refractivity contribution in [3.8, 4) is 5.75 Å². The number of nitrogens with one attached hydrogen (secondary N) is 2. The molecule has 4 heteroatoms. The SMILES string of the molecule is CCCCCNc1ccc2c(c1)NC(=O)C(C)O2. The molecule has 0 bridgehead atoms. The minimum Gasteiger partial charge on any atom is -0.479 e. The zero-order chi connectivity index (χ0) is 13.0. The Hall–Kier alpha value is -1.71. The monoisotopic (exact) mass is 248 g/mol. The molecule has 1 aromatic carbocycles. The maximum Gasteiger partial charge on any atom is 0.265 e. The molecule has 98 valence electrons. The average Bonchev–Trinajstić information content (AvgIpc) is 2.36. The number of rotatable bonds is 5. The molecule has 1 aliphatic rings. The first kappa shape index (κ1) is 12.7. The van der Waals surface area contributed by atoms with Crippen molar-refractivity contribution in [3.05, 3.63) is 18.2 Å². The molecular weight excluding hydrogens is 228 g/mol. The highest BCUT2D eigenvalue weighted by atomic mass is 16.5. The number of amides is 1. The molecule has 0 aliphatic carbocycles. The summed E-state index contributed by atoms with van der Waals surface area (Å²) in [7, 11) is 0. The number of hydrogen-bond donors (Lipinski definition) is 2. The van der Waals surface area contributed by atoms with E-state index in [0.29, 0.717) is 0 Å². The smallest absolute Gasteiger partial charge is 0.265 e. The first-order valence-electron chi connectivity index (χ1n) is 6.56. The quantitative estimate of drug-likeness (QED) is 0.787. The van der Waals surface area contributed by atoms with Gasteiger partial charge in [0, 0.05) is 12.2 Å². The standard InChI is InChI=1S/C14H20N2O2/c1-3-4-5-8-15-11-6-7-13-12(9-11)16-14(17)10(2)18-13/h6-7,9-10,15H,3-5,8H2,1-2H3,(H,16,17). The number of unbranched alkanes of at least 4 members (excludes halogenated alkanes) is 2. The van der Waals surface area contributed by atoms with Crippen molar-refractivity contribution < 1.29 is 9.53 Å². The molecule has 1 atom stereocenters. The van der Waals surface area contributed by atoms with E-state index in [9.17, 15) is 4.79 Å². The van der Waals surface area contributed by atoms with E-state index in [0.717, 1.165) is 30.1 Å². The second-order valence-corrected chi connectivity index (χ2v) is 4.59. The first-order valence-corrected chi connectivity index (χ1v) is 6.56. The molecule has 0 fully saturated rings. The Morgan fingerprint density at radius 3 is 3.00 bits per heavy atom. The second-order valence-electron chi connectivity index (χ2n) is 4.59. The number of hydrogen-bond acceptors (Lipinski definition) is 3. The van der Waals surface area contributed by atoms with Gasteiger partial charge >= 0.3 is 0 Å². The number of carbonyl (C=O) groups is 1. The molecule has 18 heavy (non-hydrogen) atoms. The maximum absolute atomic E-state index is 11.5. The van der Waals surface area contributed by atoms with Gasteiger partial charge in [0.1, 0.15) is 5.75 Å². The van der Waals surface area contributed by atoms with Gasteiger partial charge in [0.05, 0.1) is 5.69 Å². The van der Waals surface area contributed by atoms with Gasteiger partial charge < -0.3 is 15.4 Å². The summed E-state index contributed by atoms with van der Waals surface area (Å²) in [4.78, 5) is 11.5.